The molecule has 0 spiro atoms. The molecule has 1 N–H and O–H groups in total. The minimum absolute atomic E-state index is 0.0406. The first-order chi connectivity index (χ1) is 16.1. The molecule has 5 rings (SSSR count). The molecular weight excluding hydrogens is 440 g/mol. The summed E-state index contributed by atoms with van der Waals surface area (Å²) in [5, 5.41) is 4.11. The zero-order valence-corrected chi connectivity index (χ0v) is 19.0. The lowest BCUT2D eigenvalue weighted by molar-refractivity contribution is 0.454. The molecule has 33 heavy (non-hydrogen) atoms. The van der Waals surface area contributed by atoms with Gasteiger partial charge in [-0.2, -0.15) is 0 Å². The van der Waals surface area contributed by atoms with Crippen LogP contribution in [0.3, 0.4) is 0 Å². The summed E-state index contributed by atoms with van der Waals surface area (Å²) < 4.78 is 29.1. The molecule has 2 aromatic heterocycles. The Hall–Kier alpha value is -2.90. The van der Waals surface area contributed by atoms with Crippen molar-refractivity contribution in [2.75, 3.05) is 0 Å². The maximum atomic E-state index is 13.9. The van der Waals surface area contributed by atoms with E-state index in [1.165, 1.54) is 16.5 Å². The number of nitrogens with one attached hydrogen (secondary N) is 1. The van der Waals surface area contributed by atoms with Crippen LogP contribution in [-0.2, 0) is 32.4 Å². The number of rotatable bonds is 7. The van der Waals surface area contributed by atoms with E-state index in [-0.39, 0.29) is 18.1 Å². The standard InChI is InChI=1S/C26H25F2N3OS/c27-19-8-11-22(28)18(13-19)15-29-20-9-10-21-23(14-20)33-25-24(21)26(32)31(16-30-25)12-4-7-17-5-2-1-3-6-17/h1-3,5-6,8,11,13,16,20,29H,4,7,9-10,12,14-15H2. The van der Waals surface area contributed by atoms with E-state index < -0.39 is 11.6 Å². The van der Waals surface area contributed by atoms with Crippen molar-refractivity contribution in [2.45, 2.75) is 51.2 Å². The quantitative estimate of drug-likeness (QED) is 0.417. The summed E-state index contributed by atoms with van der Waals surface area (Å²) in [5.74, 6) is -0.839. The van der Waals surface area contributed by atoms with Gasteiger partial charge in [0.2, 0.25) is 0 Å². The van der Waals surface area contributed by atoms with Crippen LogP contribution in [0.25, 0.3) is 10.2 Å². The average molecular weight is 466 g/mol. The Morgan fingerprint density at radius 2 is 2.00 bits per heavy atom. The lowest BCUT2D eigenvalue weighted by atomic mass is 9.93. The fourth-order valence-corrected chi connectivity index (χ4v) is 5.82. The molecular formula is C26H25F2N3OS. The third kappa shape index (κ3) is 4.75. The van der Waals surface area contributed by atoms with Gasteiger partial charge in [0.1, 0.15) is 16.5 Å². The van der Waals surface area contributed by atoms with Crippen LogP contribution in [0.4, 0.5) is 8.78 Å². The first-order valence-corrected chi connectivity index (χ1v) is 12.1. The van der Waals surface area contributed by atoms with Crippen LogP contribution >= 0.6 is 11.3 Å². The fourth-order valence-electron chi connectivity index (χ4n) is 4.57. The number of hydrogen-bond donors (Lipinski definition) is 1. The van der Waals surface area contributed by atoms with Gasteiger partial charge >= 0.3 is 0 Å². The summed E-state index contributed by atoms with van der Waals surface area (Å²) in [5.41, 5.74) is 2.75. The molecule has 2 aromatic carbocycles. The van der Waals surface area contributed by atoms with Gasteiger partial charge < -0.3 is 5.32 Å². The van der Waals surface area contributed by atoms with Crippen molar-refractivity contribution >= 4 is 21.6 Å². The Balaban J connectivity index is 1.28. The molecule has 4 nitrogen and oxygen atoms in total. The van der Waals surface area contributed by atoms with Crippen LogP contribution in [0.5, 0.6) is 0 Å². The third-order valence-electron chi connectivity index (χ3n) is 6.33. The number of aromatic nitrogens is 2. The highest BCUT2D eigenvalue weighted by atomic mass is 32.1. The number of fused-ring (bicyclic) bond motifs is 3. The second-order valence-electron chi connectivity index (χ2n) is 8.57. The number of aryl methyl sites for hydroxylation is 3. The van der Waals surface area contributed by atoms with E-state index in [9.17, 15) is 13.6 Å². The normalized spacial score (nSPS) is 15.6. The van der Waals surface area contributed by atoms with E-state index in [1.54, 1.807) is 22.2 Å². The molecule has 0 saturated heterocycles. The van der Waals surface area contributed by atoms with E-state index >= 15 is 0 Å². The van der Waals surface area contributed by atoms with E-state index in [1.807, 2.05) is 18.2 Å². The average Bonchev–Trinajstić information content (AvgIpc) is 3.20. The SMILES string of the molecule is O=c1c2c3c(sc2ncn1CCCc1ccccc1)CC(NCc1cc(F)ccc1F)CC3. The molecule has 0 fully saturated rings. The van der Waals surface area contributed by atoms with Crippen molar-refractivity contribution in [2.24, 2.45) is 0 Å². The first-order valence-electron chi connectivity index (χ1n) is 11.3. The predicted molar refractivity (Wildman–Crippen MR) is 128 cm³/mol. The molecule has 7 heteroatoms. The van der Waals surface area contributed by atoms with Crippen LogP contribution in [0.1, 0.15) is 34.4 Å². The van der Waals surface area contributed by atoms with Crippen LogP contribution in [0.15, 0.2) is 59.7 Å². The van der Waals surface area contributed by atoms with Gasteiger partial charge in [-0.1, -0.05) is 30.3 Å². The second-order valence-corrected chi connectivity index (χ2v) is 9.66. The van der Waals surface area contributed by atoms with Gasteiger partial charge in [-0.25, -0.2) is 13.8 Å². The van der Waals surface area contributed by atoms with Crippen molar-refractivity contribution in [3.8, 4) is 0 Å². The highest BCUT2D eigenvalue weighted by Gasteiger charge is 2.25. The summed E-state index contributed by atoms with van der Waals surface area (Å²) >= 11 is 1.58. The van der Waals surface area contributed by atoms with Crippen molar-refractivity contribution in [1.82, 2.24) is 14.9 Å². The number of benzene rings is 2. The molecule has 0 radical (unpaired) electrons. The van der Waals surface area contributed by atoms with Gasteiger partial charge in [0.25, 0.3) is 5.56 Å². The van der Waals surface area contributed by atoms with Gasteiger partial charge in [-0.3, -0.25) is 9.36 Å². The van der Waals surface area contributed by atoms with Crippen LogP contribution in [-0.4, -0.2) is 15.6 Å². The molecule has 1 unspecified atom stereocenters. The maximum absolute atomic E-state index is 13.9. The van der Waals surface area contributed by atoms with Crippen molar-refractivity contribution in [1.29, 1.82) is 0 Å². The van der Waals surface area contributed by atoms with E-state index in [0.29, 0.717) is 12.1 Å². The smallest absolute Gasteiger partial charge is 0.262 e. The van der Waals surface area contributed by atoms with Gasteiger partial charge in [-0.05, 0) is 61.4 Å². The minimum Gasteiger partial charge on any atom is -0.309 e. The zero-order valence-electron chi connectivity index (χ0n) is 18.2. The Morgan fingerprint density at radius 3 is 2.85 bits per heavy atom. The molecule has 0 amide bonds. The van der Waals surface area contributed by atoms with Gasteiger partial charge in [0.05, 0.1) is 11.7 Å². The van der Waals surface area contributed by atoms with Gasteiger partial charge in [0.15, 0.2) is 0 Å². The highest BCUT2D eigenvalue weighted by molar-refractivity contribution is 7.18. The summed E-state index contributed by atoms with van der Waals surface area (Å²) in [6.07, 6.45) is 5.86. The molecule has 0 bridgehead atoms. The summed E-state index contributed by atoms with van der Waals surface area (Å²) in [4.78, 5) is 19.7. The lowest BCUT2D eigenvalue weighted by Gasteiger charge is -2.23. The lowest BCUT2D eigenvalue weighted by Crippen LogP contribution is -2.34. The number of halogens is 2. The van der Waals surface area contributed by atoms with Crippen LogP contribution in [0, 0.1) is 11.6 Å². The van der Waals surface area contributed by atoms with Crippen molar-refractivity contribution < 1.29 is 8.78 Å². The molecule has 1 aliphatic carbocycles. The zero-order chi connectivity index (χ0) is 22.8. The largest absolute Gasteiger partial charge is 0.309 e. The Labute approximate surface area is 194 Å². The predicted octanol–water partition coefficient (Wildman–Crippen LogP) is 5.02. The van der Waals surface area contributed by atoms with E-state index in [2.05, 4.69) is 22.4 Å². The third-order valence-corrected chi connectivity index (χ3v) is 7.49. The van der Waals surface area contributed by atoms with Crippen molar-refractivity contribution in [3.63, 3.8) is 0 Å². The minimum atomic E-state index is -0.435. The van der Waals surface area contributed by atoms with Crippen LogP contribution in [0.2, 0.25) is 0 Å². The fraction of sp³-hybridized carbons (Fsp3) is 0.308. The summed E-state index contributed by atoms with van der Waals surface area (Å²) in [7, 11) is 0. The molecule has 0 aliphatic heterocycles. The monoisotopic (exact) mass is 465 g/mol. The van der Waals surface area contributed by atoms with Gasteiger partial charge in [-0.15, -0.1) is 11.3 Å². The second kappa shape index (κ2) is 9.53. The van der Waals surface area contributed by atoms with E-state index in [0.717, 1.165) is 60.0 Å². The maximum Gasteiger partial charge on any atom is 0.262 e. The number of nitrogens with zero attached hydrogens (tertiary/aromatic N) is 2. The Kier molecular flexibility index (Phi) is 6.33. The molecule has 1 aliphatic rings. The summed E-state index contributed by atoms with van der Waals surface area (Å²) in [6.45, 7) is 0.922. The first kappa shape index (κ1) is 21.9. The number of hydrogen-bond acceptors (Lipinski definition) is 4. The van der Waals surface area contributed by atoms with Crippen molar-refractivity contribution in [3.05, 3.63) is 98.4 Å². The highest BCUT2D eigenvalue weighted by Crippen LogP contribution is 2.33. The summed E-state index contributed by atoms with van der Waals surface area (Å²) in [6, 6.07) is 14.0. The Bertz CT molecular complexity index is 1330. The number of thiophene rings is 1. The topological polar surface area (TPSA) is 46.9 Å². The van der Waals surface area contributed by atoms with Crippen LogP contribution < -0.4 is 10.9 Å². The van der Waals surface area contributed by atoms with Gasteiger partial charge in [0, 0.05) is 29.6 Å². The molecule has 2 heterocycles. The molecule has 0 saturated carbocycles. The molecule has 4 aromatic rings. The van der Waals surface area contributed by atoms with E-state index in [4.69, 9.17) is 0 Å². The molecule has 170 valence electrons. The Morgan fingerprint density at radius 1 is 1.15 bits per heavy atom. The molecule has 1 atom stereocenters.